The van der Waals surface area contributed by atoms with Crippen molar-refractivity contribution in [3.63, 3.8) is 0 Å². The lowest BCUT2D eigenvalue weighted by Crippen LogP contribution is -2.01. The fourth-order valence-corrected chi connectivity index (χ4v) is 1.80. The van der Waals surface area contributed by atoms with E-state index in [1.54, 1.807) is 6.07 Å². The second-order valence-electron chi connectivity index (χ2n) is 4.03. The number of nitrogens with one attached hydrogen (secondary N) is 1. The molecule has 1 N–H and O–H groups in total. The standard InChI is InChI=1S/C13H9ClF2N2O2/c14-10-3-1-8(5-13(10)18(19)20)7-17-9-2-4-11(15)12(16)6-9/h1-6,17H,7H2. The van der Waals surface area contributed by atoms with Crippen LogP contribution in [0.1, 0.15) is 5.56 Å². The van der Waals surface area contributed by atoms with E-state index in [0.717, 1.165) is 12.1 Å². The summed E-state index contributed by atoms with van der Waals surface area (Å²) in [7, 11) is 0. The van der Waals surface area contributed by atoms with Gasteiger partial charge in [0.2, 0.25) is 0 Å². The fraction of sp³-hybridized carbons (Fsp3) is 0.0769. The lowest BCUT2D eigenvalue weighted by atomic mass is 10.2. The minimum absolute atomic E-state index is 0.0478. The number of halogens is 3. The zero-order chi connectivity index (χ0) is 14.7. The first-order valence-corrected chi connectivity index (χ1v) is 5.97. The maximum atomic E-state index is 13.0. The zero-order valence-corrected chi connectivity index (χ0v) is 10.8. The van der Waals surface area contributed by atoms with Crippen LogP contribution in [0.2, 0.25) is 5.02 Å². The molecule has 0 aromatic heterocycles. The van der Waals surface area contributed by atoms with Crippen molar-refractivity contribution in [2.24, 2.45) is 0 Å². The number of nitrogens with zero attached hydrogens (tertiary/aromatic N) is 1. The van der Waals surface area contributed by atoms with E-state index < -0.39 is 16.6 Å². The Hall–Kier alpha value is -2.21. The Bertz CT molecular complexity index is 665. The van der Waals surface area contributed by atoms with Gasteiger partial charge in [-0.2, -0.15) is 0 Å². The molecular formula is C13H9ClF2N2O2. The van der Waals surface area contributed by atoms with E-state index in [1.807, 2.05) is 0 Å². The second kappa shape index (κ2) is 5.83. The average molecular weight is 299 g/mol. The van der Waals surface area contributed by atoms with Gasteiger partial charge in [-0.1, -0.05) is 17.7 Å². The molecule has 0 fully saturated rings. The predicted octanol–water partition coefficient (Wildman–Crippen LogP) is 4.14. The van der Waals surface area contributed by atoms with Gasteiger partial charge < -0.3 is 5.32 Å². The van der Waals surface area contributed by atoms with Gasteiger partial charge in [-0.3, -0.25) is 10.1 Å². The smallest absolute Gasteiger partial charge is 0.288 e. The van der Waals surface area contributed by atoms with E-state index >= 15 is 0 Å². The predicted molar refractivity (Wildman–Crippen MR) is 71.8 cm³/mol. The van der Waals surface area contributed by atoms with Crippen molar-refractivity contribution in [2.75, 3.05) is 5.32 Å². The first-order valence-electron chi connectivity index (χ1n) is 5.59. The van der Waals surface area contributed by atoms with Gasteiger partial charge in [0.1, 0.15) is 5.02 Å². The number of nitro groups is 1. The molecule has 0 aliphatic carbocycles. The van der Waals surface area contributed by atoms with Gasteiger partial charge in [0.05, 0.1) is 4.92 Å². The van der Waals surface area contributed by atoms with Gasteiger partial charge in [0, 0.05) is 24.4 Å². The molecule has 0 unspecified atom stereocenters. The molecule has 2 aromatic carbocycles. The van der Waals surface area contributed by atoms with Crippen molar-refractivity contribution >= 4 is 23.0 Å². The number of benzene rings is 2. The topological polar surface area (TPSA) is 55.2 Å². The summed E-state index contributed by atoms with van der Waals surface area (Å²) in [5.74, 6) is -1.89. The van der Waals surface area contributed by atoms with Crippen molar-refractivity contribution in [3.8, 4) is 0 Å². The first kappa shape index (κ1) is 14.2. The largest absolute Gasteiger partial charge is 0.381 e. The zero-order valence-electron chi connectivity index (χ0n) is 10.1. The Morgan fingerprint density at radius 1 is 1.15 bits per heavy atom. The summed E-state index contributed by atoms with van der Waals surface area (Å²) in [6.45, 7) is 0.225. The van der Waals surface area contributed by atoms with E-state index in [4.69, 9.17) is 11.6 Å². The molecule has 0 aliphatic heterocycles. The van der Waals surface area contributed by atoms with Crippen molar-refractivity contribution in [1.29, 1.82) is 0 Å². The number of nitro benzene ring substituents is 1. The van der Waals surface area contributed by atoms with Crippen LogP contribution in [-0.4, -0.2) is 4.92 Å². The Labute approximate surface area is 118 Å². The Morgan fingerprint density at radius 2 is 1.90 bits per heavy atom. The summed E-state index contributed by atoms with van der Waals surface area (Å²) in [4.78, 5) is 10.2. The van der Waals surface area contributed by atoms with Gasteiger partial charge >= 0.3 is 0 Å². The molecule has 0 saturated heterocycles. The Balaban J connectivity index is 2.12. The summed E-state index contributed by atoms with van der Waals surface area (Å²) in [5.41, 5.74) is 0.781. The molecule has 0 spiro atoms. The van der Waals surface area contributed by atoms with Crippen LogP contribution in [-0.2, 0) is 6.54 Å². The van der Waals surface area contributed by atoms with Gasteiger partial charge in [0.25, 0.3) is 5.69 Å². The van der Waals surface area contributed by atoms with Crippen LogP contribution in [0.5, 0.6) is 0 Å². The number of hydrogen-bond acceptors (Lipinski definition) is 3. The van der Waals surface area contributed by atoms with Gasteiger partial charge in [-0.25, -0.2) is 8.78 Å². The van der Waals surface area contributed by atoms with Crippen molar-refractivity contribution in [1.82, 2.24) is 0 Å². The van der Waals surface area contributed by atoms with Crippen molar-refractivity contribution in [2.45, 2.75) is 6.54 Å². The molecule has 2 aromatic rings. The molecule has 0 atom stereocenters. The second-order valence-corrected chi connectivity index (χ2v) is 4.43. The molecule has 0 radical (unpaired) electrons. The number of rotatable bonds is 4. The molecule has 7 heteroatoms. The lowest BCUT2D eigenvalue weighted by Gasteiger charge is -2.07. The average Bonchev–Trinajstić information content (AvgIpc) is 2.41. The van der Waals surface area contributed by atoms with Crippen molar-refractivity contribution < 1.29 is 13.7 Å². The molecule has 4 nitrogen and oxygen atoms in total. The van der Waals surface area contributed by atoms with Crippen LogP contribution in [0.3, 0.4) is 0 Å². The third kappa shape index (κ3) is 3.21. The van der Waals surface area contributed by atoms with Crippen LogP contribution in [0.25, 0.3) is 0 Å². The van der Waals surface area contributed by atoms with Gasteiger partial charge in [0.15, 0.2) is 11.6 Å². The van der Waals surface area contributed by atoms with Crippen LogP contribution in [0.15, 0.2) is 36.4 Å². The van der Waals surface area contributed by atoms with E-state index in [1.165, 1.54) is 18.2 Å². The highest BCUT2D eigenvalue weighted by Gasteiger charge is 2.12. The third-order valence-corrected chi connectivity index (χ3v) is 2.94. The fourth-order valence-electron chi connectivity index (χ4n) is 1.62. The Morgan fingerprint density at radius 3 is 2.55 bits per heavy atom. The highest BCUT2D eigenvalue weighted by molar-refractivity contribution is 6.32. The molecule has 2 rings (SSSR count). The lowest BCUT2D eigenvalue weighted by molar-refractivity contribution is -0.384. The van der Waals surface area contributed by atoms with Crippen LogP contribution in [0, 0.1) is 21.7 Å². The normalized spacial score (nSPS) is 10.3. The highest BCUT2D eigenvalue weighted by Crippen LogP contribution is 2.25. The minimum Gasteiger partial charge on any atom is -0.381 e. The van der Waals surface area contributed by atoms with Crippen LogP contribution in [0.4, 0.5) is 20.2 Å². The number of hydrogen-bond donors (Lipinski definition) is 1. The highest BCUT2D eigenvalue weighted by atomic mass is 35.5. The molecule has 0 heterocycles. The van der Waals surface area contributed by atoms with Gasteiger partial charge in [-0.15, -0.1) is 0 Å². The summed E-state index contributed by atoms with van der Waals surface area (Å²) in [6, 6.07) is 7.75. The Kier molecular flexibility index (Phi) is 4.14. The minimum atomic E-state index is -0.961. The maximum Gasteiger partial charge on any atom is 0.288 e. The molecule has 0 aliphatic rings. The van der Waals surface area contributed by atoms with Gasteiger partial charge in [-0.05, 0) is 23.8 Å². The summed E-state index contributed by atoms with van der Waals surface area (Å²) >= 11 is 5.69. The summed E-state index contributed by atoms with van der Waals surface area (Å²) in [5, 5.41) is 13.6. The third-order valence-electron chi connectivity index (χ3n) is 2.62. The van der Waals surface area contributed by atoms with E-state index in [9.17, 15) is 18.9 Å². The molecule has 104 valence electrons. The van der Waals surface area contributed by atoms with E-state index in [2.05, 4.69) is 5.32 Å². The molecule has 0 saturated carbocycles. The summed E-state index contributed by atoms with van der Waals surface area (Å²) in [6.07, 6.45) is 0. The molecule has 20 heavy (non-hydrogen) atoms. The molecule has 0 amide bonds. The maximum absolute atomic E-state index is 13.0. The van der Waals surface area contributed by atoms with Crippen LogP contribution < -0.4 is 5.32 Å². The van der Waals surface area contributed by atoms with E-state index in [-0.39, 0.29) is 17.3 Å². The number of anilines is 1. The SMILES string of the molecule is O=[N+]([O-])c1cc(CNc2ccc(F)c(F)c2)ccc1Cl. The molecular weight excluding hydrogens is 290 g/mol. The monoisotopic (exact) mass is 298 g/mol. The van der Waals surface area contributed by atoms with Crippen molar-refractivity contribution in [3.05, 3.63) is 68.7 Å². The molecule has 0 bridgehead atoms. The summed E-state index contributed by atoms with van der Waals surface area (Å²) < 4.78 is 25.8. The van der Waals surface area contributed by atoms with E-state index in [0.29, 0.717) is 11.3 Å². The van der Waals surface area contributed by atoms with Crippen LogP contribution >= 0.6 is 11.6 Å². The first-order chi connectivity index (χ1) is 9.47. The quantitative estimate of drug-likeness (QED) is 0.682.